The summed E-state index contributed by atoms with van der Waals surface area (Å²) in [7, 11) is 0. The Kier molecular flexibility index (Phi) is 3.33. The Morgan fingerprint density at radius 3 is 3.15 bits per heavy atom. The van der Waals surface area contributed by atoms with Gasteiger partial charge in [-0.05, 0) is 31.4 Å². The maximum Gasteiger partial charge on any atom is 0.261 e. The molecule has 1 aromatic rings. The SMILES string of the molecule is O=C(Nc1cccnc1)C1=C(O)C2=CCCCC2N=C1. The highest BCUT2D eigenvalue weighted by Crippen LogP contribution is 2.30. The van der Waals surface area contributed by atoms with Gasteiger partial charge in [-0.1, -0.05) is 6.08 Å². The standard InChI is InChI=1S/C15H15N3O2/c19-14-11-5-1-2-6-13(11)17-9-12(14)15(20)18-10-4-3-7-16-8-10/h3-5,7-9,13,19H,1-2,6H2,(H,18,20). The minimum Gasteiger partial charge on any atom is -0.507 e. The maximum absolute atomic E-state index is 12.2. The topological polar surface area (TPSA) is 74.6 Å². The minimum atomic E-state index is -0.371. The van der Waals surface area contributed by atoms with E-state index in [9.17, 15) is 9.90 Å². The average molecular weight is 269 g/mol. The van der Waals surface area contributed by atoms with Crippen molar-refractivity contribution in [3.8, 4) is 0 Å². The quantitative estimate of drug-likeness (QED) is 0.865. The summed E-state index contributed by atoms with van der Waals surface area (Å²) in [4.78, 5) is 20.5. The van der Waals surface area contributed by atoms with Gasteiger partial charge in [0.2, 0.25) is 0 Å². The summed E-state index contributed by atoms with van der Waals surface area (Å²) >= 11 is 0. The molecule has 1 aliphatic heterocycles. The molecular formula is C15H15N3O2. The lowest BCUT2D eigenvalue weighted by Gasteiger charge is -2.24. The zero-order chi connectivity index (χ0) is 13.9. The molecule has 0 radical (unpaired) electrons. The number of carbonyl (C=O) groups excluding carboxylic acids is 1. The first-order valence-electron chi connectivity index (χ1n) is 6.64. The van der Waals surface area contributed by atoms with Gasteiger partial charge in [0, 0.05) is 18.0 Å². The number of nitrogens with zero attached hydrogens (tertiary/aromatic N) is 2. The van der Waals surface area contributed by atoms with Gasteiger partial charge in [-0.15, -0.1) is 0 Å². The molecule has 5 nitrogen and oxygen atoms in total. The average Bonchev–Trinajstić information content (AvgIpc) is 2.49. The van der Waals surface area contributed by atoms with Crippen molar-refractivity contribution in [2.45, 2.75) is 25.3 Å². The molecular weight excluding hydrogens is 254 g/mol. The lowest BCUT2D eigenvalue weighted by Crippen LogP contribution is -2.25. The van der Waals surface area contributed by atoms with Gasteiger partial charge < -0.3 is 10.4 Å². The van der Waals surface area contributed by atoms with Crippen molar-refractivity contribution in [2.75, 3.05) is 5.32 Å². The highest BCUT2D eigenvalue weighted by atomic mass is 16.3. The van der Waals surface area contributed by atoms with E-state index in [4.69, 9.17) is 0 Å². The number of dihydropyridines is 1. The molecule has 1 atom stereocenters. The Hall–Kier alpha value is -2.43. The third-order valence-electron chi connectivity index (χ3n) is 3.48. The molecule has 0 bridgehead atoms. The van der Waals surface area contributed by atoms with Gasteiger partial charge in [0.25, 0.3) is 5.91 Å². The lowest BCUT2D eigenvalue weighted by molar-refractivity contribution is -0.112. The Bertz CT molecular complexity index is 617. The molecule has 1 aromatic heterocycles. The Balaban J connectivity index is 1.84. The molecule has 2 heterocycles. The van der Waals surface area contributed by atoms with Crippen LogP contribution in [0.1, 0.15) is 19.3 Å². The normalized spacial score (nSPS) is 21.2. The van der Waals surface area contributed by atoms with Gasteiger partial charge in [0.1, 0.15) is 5.76 Å². The van der Waals surface area contributed by atoms with Crippen LogP contribution >= 0.6 is 0 Å². The number of rotatable bonds is 2. The highest BCUT2D eigenvalue weighted by molar-refractivity contribution is 6.19. The van der Waals surface area contributed by atoms with E-state index in [1.807, 2.05) is 6.08 Å². The molecule has 1 amide bonds. The van der Waals surface area contributed by atoms with E-state index in [0.29, 0.717) is 5.69 Å². The van der Waals surface area contributed by atoms with Crippen molar-refractivity contribution >= 4 is 17.8 Å². The predicted octanol–water partition coefficient (Wildman–Crippen LogP) is 2.40. The molecule has 0 fully saturated rings. The third-order valence-corrected chi connectivity index (χ3v) is 3.48. The summed E-state index contributed by atoms with van der Waals surface area (Å²) in [5, 5.41) is 13.0. The number of aliphatic hydroxyl groups excluding tert-OH is 1. The highest BCUT2D eigenvalue weighted by Gasteiger charge is 2.27. The van der Waals surface area contributed by atoms with Gasteiger partial charge in [-0.25, -0.2) is 0 Å². The number of hydrogen-bond donors (Lipinski definition) is 2. The zero-order valence-electron chi connectivity index (χ0n) is 10.9. The van der Waals surface area contributed by atoms with Gasteiger partial charge in [-0.2, -0.15) is 0 Å². The van der Waals surface area contributed by atoms with Crippen LogP contribution in [0.2, 0.25) is 0 Å². The van der Waals surface area contributed by atoms with Gasteiger partial charge in [0.15, 0.2) is 0 Å². The molecule has 20 heavy (non-hydrogen) atoms. The van der Waals surface area contributed by atoms with Crippen molar-refractivity contribution in [3.05, 3.63) is 47.5 Å². The van der Waals surface area contributed by atoms with Crippen LogP contribution in [0.25, 0.3) is 0 Å². The second-order valence-corrected chi connectivity index (χ2v) is 4.84. The minimum absolute atomic E-state index is 0.00121. The van der Waals surface area contributed by atoms with E-state index in [1.54, 1.807) is 24.5 Å². The second kappa shape index (κ2) is 5.28. The van der Waals surface area contributed by atoms with Crippen LogP contribution in [0.4, 0.5) is 5.69 Å². The van der Waals surface area contributed by atoms with E-state index in [1.165, 1.54) is 6.21 Å². The number of carbonyl (C=O) groups is 1. The molecule has 2 aliphatic rings. The largest absolute Gasteiger partial charge is 0.507 e. The number of fused-ring (bicyclic) bond motifs is 1. The zero-order valence-corrected chi connectivity index (χ0v) is 10.9. The molecule has 1 aliphatic carbocycles. The Morgan fingerprint density at radius 2 is 2.35 bits per heavy atom. The van der Waals surface area contributed by atoms with Crippen molar-refractivity contribution in [3.63, 3.8) is 0 Å². The summed E-state index contributed by atoms with van der Waals surface area (Å²) in [6, 6.07) is 3.47. The van der Waals surface area contributed by atoms with Gasteiger partial charge >= 0.3 is 0 Å². The van der Waals surface area contributed by atoms with Crippen LogP contribution in [0.5, 0.6) is 0 Å². The second-order valence-electron chi connectivity index (χ2n) is 4.84. The number of pyridine rings is 1. The maximum atomic E-state index is 12.2. The number of anilines is 1. The summed E-state index contributed by atoms with van der Waals surface area (Å²) < 4.78 is 0. The Labute approximate surface area is 116 Å². The first kappa shape index (κ1) is 12.6. The number of allylic oxidation sites excluding steroid dienone is 1. The lowest BCUT2D eigenvalue weighted by atomic mass is 9.89. The van der Waals surface area contributed by atoms with Crippen LogP contribution < -0.4 is 5.32 Å². The number of hydrogen-bond acceptors (Lipinski definition) is 4. The van der Waals surface area contributed by atoms with Gasteiger partial charge in [-0.3, -0.25) is 14.8 Å². The van der Waals surface area contributed by atoms with Crippen molar-refractivity contribution in [2.24, 2.45) is 4.99 Å². The number of amides is 1. The van der Waals surface area contributed by atoms with E-state index in [0.717, 1.165) is 24.8 Å². The number of aliphatic hydroxyl groups is 1. The number of nitrogens with one attached hydrogen (secondary N) is 1. The molecule has 2 N–H and O–H groups in total. The summed E-state index contributed by atoms with van der Waals surface area (Å²) in [6.07, 6.45) is 9.53. The molecule has 0 saturated carbocycles. The molecule has 3 rings (SSSR count). The fourth-order valence-corrected chi connectivity index (χ4v) is 2.45. The smallest absolute Gasteiger partial charge is 0.261 e. The molecule has 0 spiro atoms. The predicted molar refractivity (Wildman–Crippen MR) is 76.7 cm³/mol. The molecule has 1 unspecified atom stereocenters. The van der Waals surface area contributed by atoms with E-state index in [-0.39, 0.29) is 23.3 Å². The molecule has 0 saturated heterocycles. The van der Waals surface area contributed by atoms with Crippen molar-refractivity contribution in [1.29, 1.82) is 0 Å². The van der Waals surface area contributed by atoms with E-state index in [2.05, 4.69) is 15.3 Å². The first-order chi connectivity index (χ1) is 9.75. The fourth-order valence-electron chi connectivity index (χ4n) is 2.45. The van der Waals surface area contributed by atoms with Crippen LogP contribution in [0.15, 0.2) is 52.5 Å². The summed E-state index contributed by atoms with van der Waals surface area (Å²) in [5.41, 5.74) is 1.57. The third kappa shape index (κ3) is 2.34. The molecule has 5 heteroatoms. The molecule has 0 aromatic carbocycles. The van der Waals surface area contributed by atoms with Crippen LogP contribution in [0.3, 0.4) is 0 Å². The van der Waals surface area contributed by atoms with Crippen molar-refractivity contribution < 1.29 is 9.90 Å². The van der Waals surface area contributed by atoms with E-state index < -0.39 is 0 Å². The first-order valence-corrected chi connectivity index (χ1v) is 6.64. The monoisotopic (exact) mass is 269 g/mol. The van der Waals surface area contributed by atoms with E-state index >= 15 is 0 Å². The van der Waals surface area contributed by atoms with Crippen LogP contribution in [-0.2, 0) is 4.79 Å². The number of aliphatic imine (C=N–C) groups is 1. The summed E-state index contributed by atoms with van der Waals surface area (Å²) in [6.45, 7) is 0. The van der Waals surface area contributed by atoms with Gasteiger partial charge in [0.05, 0.1) is 23.5 Å². The van der Waals surface area contributed by atoms with Crippen LogP contribution in [-0.4, -0.2) is 28.3 Å². The molecule has 102 valence electrons. The fraction of sp³-hybridized carbons (Fsp3) is 0.267. The summed E-state index contributed by atoms with van der Waals surface area (Å²) in [5.74, 6) is -0.324. The number of aromatic nitrogens is 1. The van der Waals surface area contributed by atoms with Crippen molar-refractivity contribution in [1.82, 2.24) is 4.98 Å². The Morgan fingerprint density at radius 1 is 1.45 bits per heavy atom. The van der Waals surface area contributed by atoms with Crippen LogP contribution in [0, 0.1) is 0 Å².